The molecule has 0 aliphatic carbocycles. The van der Waals surface area contributed by atoms with Gasteiger partial charge in [0.2, 0.25) is 0 Å². The third-order valence-corrected chi connectivity index (χ3v) is 0.393. The second kappa shape index (κ2) is 5.12. The molecular weight excluding hydrogens is 71.0 g/mol. The van der Waals surface area contributed by atoms with E-state index < -0.39 is 0 Å². The van der Waals surface area contributed by atoms with Crippen molar-refractivity contribution in [3.63, 3.8) is 0 Å². The molecule has 0 heterocycles. The normalized spacial score (nSPS) is 6.50. The Morgan fingerprint density at radius 3 is 2.67 bits per heavy atom. The van der Waals surface area contributed by atoms with Crippen molar-refractivity contribution in [3.05, 3.63) is 0 Å². The first-order chi connectivity index (χ1) is 2.91. The quantitative estimate of drug-likeness (QED) is 0.309. The second-order valence-electron chi connectivity index (χ2n) is 0.860. The van der Waals surface area contributed by atoms with Crippen LogP contribution in [0, 0.1) is 10.5 Å². The van der Waals surface area contributed by atoms with Gasteiger partial charge >= 0.3 is 46.7 Å². The second-order valence-corrected chi connectivity index (χ2v) is 0.860. The van der Waals surface area contributed by atoms with E-state index in [1.54, 1.807) is 24.8 Å². The molecule has 0 aliphatic heterocycles. The molecule has 0 aromatic rings. The molecule has 0 aliphatic rings. The van der Waals surface area contributed by atoms with Gasteiger partial charge in [0, 0.05) is 0 Å². The number of ether oxygens (including phenoxy) is 1. The summed E-state index contributed by atoms with van der Waals surface area (Å²) in [6.07, 6.45) is 0. The van der Waals surface area contributed by atoms with Crippen LogP contribution in [0.1, 0.15) is 0 Å². The molecule has 0 unspecified atom stereocenters. The fraction of sp³-hybridized carbons (Fsp3) is 0.500. The summed E-state index contributed by atoms with van der Waals surface area (Å²) in [6.45, 7) is 0.552. The summed E-state index contributed by atoms with van der Waals surface area (Å²) in [6, 6.07) is 0. The molecule has 0 fully saturated rings. The van der Waals surface area contributed by atoms with Crippen LogP contribution in [0.2, 0.25) is 0 Å². The van der Waals surface area contributed by atoms with Crippen LogP contribution < -0.4 is 0 Å². The molecule has 0 atom stereocenters. The van der Waals surface area contributed by atoms with E-state index >= 15 is 0 Å². The number of rotatable bonds is 1. The molecule has 0 amide bonds. The molecule has 2 heteroatoms. The SMILES string of the molecule is [Li][C]#CCOC. The Hall–Kier alpha value is 0.117. The third-order valence-electron chi connectivity index (χ3n) is 0.393. The molecule has 0 aromatic carbocycles. The first kappa shape index (κ1) is 6.12. The van der Waals surface area contributed by atoms with Gasteiger partial charge in [-0.15, -0.1) is 0 Å². The van der Waals surface area contributed by atoms with Crippen LogP contribution >= 0.6 is 0 Å². The molecular formula is C4H5LiO. The van der Waals surface area contributed by atoms with E-state index in [1.165, 1.54) is 0 Å². The molecule has 28 valence electrons. The van der Waals surface area contributed by atoms with Crippen LogP contribution in [0.5, 0.6) is 0 Å². The topological polar surface area (TPSA) is 9.23 Å². The third kappa shape index (κ3) is 4.12. The molecule has 0 bridgehead atoms. The summed E-state index contributed by atoms with van der Waals surface area (Å²) in [5.74, 6) is 2.73. The Morgan fingerprint density at radius 2 is 2.50 bits per heavy atom. The van der Waals surface area contributed by atoms with Crippen molar-refractivity contribution in [1.29, 1.82) is 0 Å². The first-order valence-electron chi connectivity index (χ1n) is 1.80. The van der Waals surface area contributed by atoms with E-state index in [-0.39, 0.29) is 0 Å². The minimum absolute atomic E-state index is 0.552. The zero-order valence-corrected chi connectivity index (χ0v) is 4.12. The van der Waals surface area contributed by atoms with Crippen molar-refractivity contribution in [2.24, 2.45) is 0 Å². The Bertz CT molecular complexity index is 69.4. The minimum atomic E-state index is 0.552. The van der Waals surface area contributed by atoms with Gasteiger partial charge in [0.15, 0.2) is 0 Å². The van der Waals surface area contributed by atoms with Gasteiger partial charge in [-0.25, -0.2) is 0 Å². The molecule has 0 spiro atoms. The van der Waals surface area contributed by atoms with E-state index in [4.69, 9.17) is 0 Å². The van der Waals surface area contributed by atoms with Gasteiger partial charge in [0.1, 0.15) is 0 Å². The number of hydrogen-bond acceptors (Lipinski definition) is 1. The number of methoxy groups -OCH3 is 1. The van der Waals surface area contributed by atoms with E-state index in [1.807, 2.05) is 0 Å². The Balaban J connectivity index is 2.79. The summed E-state index contributed by atoms with van der Waals surface area (Å²) in [7, 11) is 1.63. The molecule has 0 saturated carbocycles. The van der Waals surface area contributed by atoms with Crippen molar-refractivity contribution in [1.82, 2.24) is 0 Å². The fourth-order valence-electron chi connectivity index (χ4n) is 0.144. The van der Waals surface area contributed by atoms with Crippen molar-refractivity contribution in [2.45, 2.75) is 0 Å². The van der Waals surface area contributed by atoms with Crippen LogP contribution in [-0.4, -0.2) is 31.4 Å². The van der Waals surface area contributed by atoms with Gasteiger partial charge in [-0.2, -0.15) is 0 Å². The number of hydrogen-bond donors (Lipinski definition) is 0. The van der Waals surface area contributed by atoms with Crippen LogP contribution in [0.4, 0.5) is 0 Å². The average Bonchev–Trinajstić information content (AvgIpc) is 1.61. The summed E-state index contributed by atoms with van der Waals surface area (Å²) in [5.41, 5.74) is 0. The van der Waals surface area contributed by atoms with Gasteiger partial charge in [0.05, 0.1) is 0 Å². The zero-order chi connectivity index (χ0) is 4.83. The van der Waals surface area contributed by atoms with Crippen LogP contribution in [0.3, 0.4) is 0 Å². The molecule has 0 aromatic heterocycles. The van der Waals surface area contributed by atoms with E-state index in [2.05, 4.69) is 15.3 Å². The predicted molar refractivity (Wildman–Crippen MR) is 25.4 cm³/mol. The average molecular weight is 76.0 g/mol. The summed E-state index contributed by atoms with van der Waals surface area (Å²) in [4.78, 5) is 0. The zero-order valence-electron chi connectivity index (χ0n) is 4.12. The molecule has 0 radical (unpaired) electrons. The molecule has 1 nitrogen and oxygen atoms in total. The first-order valence-corrected chi connectivity index (χ1v) is 1.80. The van der Waals surface area contributed by atoms with E-state index in [0.29, 0.717) is 6.61 Å². The van der Waals surface area contributed by atoms with Crippen molar-refractivity contribution >= 4 is 17.7 Å². The van der Waals surface area contributed by atoms with Gasteiger partial charge in [-0.3, -0.25) is 0 Å². The van der Waals surface area contributed by atoms with Crippen molar-refractivity contribution < 1.29 is 4.74 Å². The summed E-state index contributed by atoms with van der Waals surface area (Å²) < 4.78 is 7.30. The Kier molecular flexibility index (Phi) is 5.22. The standard InChI is InChI=1S/C4H5O.Li/c1-3-4-5-2;/h4H2,2H3;. The van der Waals surface area contributed by atoms with Gasteiger partial charge < -0.3 is 0 Å². The summed E-state index contributed by atoms with van der Waals surface area (Å²) in [5, 5.41) is 0. The van der Waals surface area contributed by atoms with Crippen molar-refractivity contribution in [2.75, 3.05) is 13.7 Å². The maximum atomic E-state index is 4.61. The molecule has 0 saturated heterocycles. The molecule has 6 heavy (non-hydrogen) atoms. The van der Waals surface area contributed by atoms with Gasteiger partial charge in [0.25, 0.3) is 0 Å². The van der Waals surface area contributed by atoms with E-state index in [0.717, 1.165) is 0 Å². The molecule has 0 N–H and O–H groups in total. The fourth-order valence-corrected chi connectivity index (χ4v) is 0.144. The predicted octanol–water partition coefficient (Wildman–Crippen LogP) is -0.238. The molecule has 0 rings (SSSR count). The monoisotopic (exact) mass is 76.1 g/mol. The van der Waals surface area contributed by atoms with Gasteiger partial charge in [-0.05, 0) is 0 Å². The van der Waals surface area contributed by atoms with Gasteiger partial charge in [-0.1, -0.05) is 0 Å². The maximum absolute atomic E-state index is 4.61. The van der Waals surface area contributed by atoms with Crippen LogP contribution in [-0.2, 0) is 4.74 Å². The van der Waals surface area contributed by atoms with E-state index in [9.17, 15) is 0 Å². The Morgan fingerprint density at radius 1 is 1.83 bits per heavy atom. The Labute approximate surface area is 47.3 Å². The van der Waals surface area contributed by atoms with Crippen molar-refractivity contribution in [3.8, 4) is 10.5 Å². The van der Waals surface area contributed by atoms with Crippen LogP contribution in [0.25, 0.3) is 0 Å². The summed E-state index contributed by atoms with van der Waals surface area (Å²) >= 11 is 1.79. The van der Waals surface area contributed by atoms with Crippen LogP contribution in [0.15, 0.2) is 0 Å².